The van der Waals surface area contributed by atoms with E-state index in [2.05, 4.69) is 10.3 Å². The minimum Gasteiger partial charge on any atom is -0.360 e. The fourth-order valence-electron chi connectivity index (χ4n) is 3.95. The maximum atomic E-state index is 13.2. The molecule has 1 aliphatic heterocycles. The van der Waals surface area contributed by atoms with E-state index < -0.39 is 0 Å². The lowest BCUT2D eigenvalue weighted by molar-refractivity contribution is 0.0640. The average Bonchev–Trinajstić information content (AvgIpc) is 3.35. The molecule has 1 aromatic carbocycles. The molecule has 1 saturated carbocycles. The number of amides is 1. The molecule has 1 unspecified atom stereocenters. The Morgan fingerprint density at radius 2 is 1.76 bits per heavy atom. The second kappa shape index (κ2) is 7.46. The molecule has 0 N–H and O–H groups in total. The third-order valence-electron chi connectivity index (χ3n) is 5.74. The van der Waals surface area contributed by atoms with Gasteiger partial charge in [-0.2, -0.15) is 0 Å². The third kappa shape index (κ3) is 3.69. The number of halogens is 1. The molecule has 3 heterocycles. The number of nitrogens with zero attached hydrogens (tertiary/aromatic N) is 3. The highest BCUT2D eigenvalue weighted by molar-refractivity contribution is 5.92. The number of hydrogen-bond acceptors (Lipinski definition) is 5. The van der Waals surface area contributed by atoms with E-state index in [0.717, 1.165) is 49.8 Å². The smallest absolute Gasteiger partial charge is 0.276 e. The monoisotopic (exact) mass is 395 g/mol. The van der Waals surface area contributed by atoms with Gasteiger partial charge in [-0.05, 0) is 49.9 Å². The number of carbonyl (C=O) groups excluding carboxylic acids is 1. The SMILES string of the molecule is O=C(c1cc(C2CC2)on1)N1CCCCCC1c1cc(-c2ccc(F)cc2)no1. The first kappa shape index (κ1) is 18.1. The lowest BCUT2D eigenvalue weighted by Crippen LogP contribution is -2.34. The molecule has 6 nitrogen and oxygen atoms in total. The van der Waals surface area contributed by atoms with Crippen molar-refractivity contribution in [1.82, 2.24) is 15.2 Å². The molecular weight excluding hydrogens is 373 g/mol. The van der Waals surface area contributed by atoms with Crippen molar-refractivity contribution in [3.05, 3.63) is 59.4 Å². The quantitative estimate of drug-likeness (QED) is 0.614. The van der Waals surface area contributed by atoms with E-state index >= 15 is 0 Å². The lowest BCUT2D eigenvalue weighted by atomic mass is 10.1. The van der Waals surface area contributed by atoms with Gasteiger partial charge in [0.1, 0.15) is 17.3 Å². The van der Waals surface area contributed by atoms with Crippen molar-refractivity contribution in [1.29, 1.82) is 0 Å². The highest BCUT2D eigenvalue weighted by Crippen LogP contribution is 2.40. The summed E-state index contributed by atoms with van der Waals surface area (Å²) in [5.41, 5.74) is 1.77. The van der Waals surface area contributed by atoms with Crippen molar-refractivity contribution in [2.24, 2.45) is 0 Å². The van der Waals surface area contributed by atoms with Crippen LogP contribution >= 0.6 is 0 Å². The molecule has 1 saturated heterocycles. The van der Waals surface area contributed by atoms with Crippen LogP contribution in [-0.4, -0.2) is 27.7 Å². The van der Waals surface area contributed by atoms with Crippen molar-refractivity contribution >= 4 is 5.91 Å². The summed E-state index contributed by atoms with van der Waals surface area (Å²) in [6.45, 7) is 0.641. The van der Waals surface area contributed by atoms with E-state index in [4.69, 9.17) is 9.05 Å². The first-order chi connectivity index (χ1) is 14.2. The van der Waals surface area contributed by atoms with E-state index in [1.165, 1.54) is 12.1 Å². The number of carbonyl (C=O) groups is 1. The van der Waals surface area contributed by atoms with Gasteiger partial charge >= 0.3 is 0 Å². The molecule has 0 bridgehead atoms. The maximum absolute atomic E-state index is 13.2. The predicted octanol–water partition coefficient (Wildman–Crippen LogP) is 5.10. The summed E-state index contributed by atoms with van der Waals surface area (Å²) < 4.78 is 24.2. The van der Waals surface area contributed by atoms with Crippen LogP contribution in [0.4, 0.5) is 4.39 Å². The zero-order chi connectivity index (χ0) is 19.8. The molecule has 150 valence electrons. The zero-order valence-electron chi connectivity index (χ0n) is 16.0. The van der Waals surface area contributed by atoms with Gasteiger partial charge in [0.25, 0.3) is 5.91 Å². The molecule has 0 spiro atoms. The largest absolute Gasteiger partial charge is 0.360 e. The normalized spacial score (nSPS) is 19.9. The van der Waals surface area contributed by atoms with Crippen molar-refractivity contribution in [2.45, 2.75) is 50.5 Å². The van der Waals surface area contributed by atoms with Crippen LogP contribution in [-0.2, 0) is 0 Å². The molecule has 2 fully saturated rings. The van der Waals surface area contributed by atoms with Gasteiger partial charge in [0.15, 0.2) is 11.5 Å². The second-order valence-electron chi connectivity index (χ2n) is 7.87. The van der Waals surface area contributed by atoms with Crippen LogP contribution in [0.15, 0.2) is 45.4 Å². The van der Waals surface area contributed by atoms with Crippen molar-refractivity contribution < 1.29 is 18.2 Å². The Kier molecular flexibility index (Phi) is 4.66. The molecule has 29 heavy (non-hydrogen) atoms. The third-order valence-corrected chi connectivity index (χ3v) is 5.74. The van der Waals surface area contributed by atoms with Gasteiger partial charge in [0.2, 0.25) is 0 Å². The maximum Gasteiger partial charge on any atom is 0.276 e. The Balaban J connectivity index is 1.41. The molecule has 0 radical (unpaired) electrons. The van der Waals surface area contributed by atoms with Crippen LogP contribution in [0.5, 0.6) is 0 Å². The Bertz CT molecular complexity index is 1010. The number of hydrogen-bond donors (Lipinski definition) is 0. The topological polar surface area (TPSA) is 72.4 Å². The molecular formula is C22H22FN3O3. The summed E-state index contributed by atoms with van der Waals surface area (Å²) in [6, 6.07) is 9.56. The zero-order valence-corrected chi connectivity index (χ0v) is 16.0. The molecule has 1 aliphatic carbocycles. The van der Waals surface area contributed by atoms with Gasteiger partial charge in [0.05, 0.1) is 6.04 Å². The fourth-order valence-corrected chi connectivity index (χ4v) is 3.95. The number of likely N-dealkylation sites (tertiary alicyclic amines) is 1. The molecule has 1 atom stereocenters. The van der Waals surface area contributed by atoms with Crippen molar-refractivity contribution in [3.63, 3.8) is 0 Å². The summed E-state index contributed by atoms with van der Waals surface area (Å²) in [5, 5.41) is 8.18. The van der Waals surface area contributed by atoms with Crippen LogP contribution in [0.2, 0.25) is 0 Å². The summed E-state index contributed by atoms with van der Waals surface area (Å²) in [5.74, 6) is 1.43. The van der Waals surface area contributed by atoms with Crippen LogP contribution in [0.25, 0.3) is 11.3 Å². The number of aromatic nitrogens is 2. The molecule has 5 rings (SSSR count). The molecule has 2 aliphatic rings. The lowest BCUT2D eigenvalue weighted by Gasteiger charge is -2.27. The minimum atomic E-state index is -0.295. The summed E-state index contributed by atoms with van der Waals surface area (Å²) in [6.07, 6.45) is 6.00. The molecule has 2 aromatic heterocycles. The Labute approximate surface area is 167 Å². The van der Waals surface area contributed by atoms with E-state index in [0.29, 0.717) is 29.6 Å². The molecule has 7 heteroatoms. The standard InChI is InChI=1S/C22H22FN3O3/c23-16-9-7-14(8-10-16)17-12-21(29-24-17)19-4-2-1-3-11-26(19)22(27)18-13-20(28-25-18)15-5-6-15/h7-10,12-13,15,19H,1-6,11H2. The summed E-state index contributed by atoms with van der Waals surface area (Å²) in [7, 11) is 0. The minimum absolute atomic E-state index is 0.132. The van der Waals surface area contributed by atoms with Gasteiger partial charge in [-0.25, -0.2) is 4.39 Å². The van der Waals surface area contributed by atoms with Crippen LogP contribution < -0.4 is 0 Å². The molecule has 1 amide bonds. The van der Waals surface area contributed by atoms with E-state index in [1.54, 1.807) is 18.2 Å². The molecule has 3 aromatic rings. The van der Waals surface area contributed by atoms with E-state index in [-0.39, 0.29) is 17.8 Å². The van der Waals surface area contributed by atoms with Crippen LogP contribution in [0.3, 0.4) is 0 Å². The summed E-state index contributed by atoms with van der Waals surface area (Å²) >= 11 is 0. The first-order valence-corrected chi connectivity index (χ1v) is 10.2. The highest BCUT2D eigenvalue weighted by atomic mass is 19.1. The fraction of sp³-hybridized carbons (Fsp3) is 0.409. The van der Waals surface area contributed by atoms with Gasteiger partial charge < -0.3 is 13.9 Å². The van der Waals surface area contributed by atoms with Gasteiger partial charge in [-0.1, -0.05) is 23.2 Å². The Morgan fingerprint density at radius 3 is 2.55 bits per heavy atom. The number of benzene rings is 1. The average molecular weight is 395 g/mol. The predicted molar refractivity (Wildman–Crippen MR) is 103 cm³/mol. The number of rotatable bonds is 4. The van der Waals surface area contributed by atoms with Gasteiger partial charge in [0, 0.05) is 30.2 Å². The Morgan fingerprint density at radius 1 is 0.966 bits per heavy atom. The van der Waals surface area contributed by atoms with E-state index in [9.17, 15) is 9.18 Å². The first-order valence-electron chi connectivity index (χ1n) is 10.2. The van der Waals surface area contributed by atoms with Crippen LogP contribution in [0.1, 0.15) is 72.5 Å². The van der Waals surface area contributed by atoms with E-state index in [1.807, 2.05) is 11.0 Å². The van der Waals surface area contributed by atoms with Crippen molar-refractivity contribution in [3.8, 4) is 11.3 Å². The van der Waals surface area contributed by atoms with Gasteiger partial charge in [-0.15, -0.1) is 0 Å². The Hall–Kier alpha value is -2.96. The van der Waals surface area contributed by atoms with Crippen LogP contribution in [0, 0.1) is 5.82 Å². The summed E-state index contributed by atoms with van der Waals surface area (Å²) in [4.78, 5) is 15.0. The van der Waals surface area contributed by atoms with Gasteiger partial charge in [-0.3, -0.25) is 4.79 Å². The highest BCUT2D eigenvalue weighted by Gasteiger charge is 2.34. The van der Waals surface area contributed by atoms with Crippen molar-refractivity contribution in [2.75, 3.05) is 6.54 Å². The second-order valence-corrected chi connectivity index (χ2v) is 7.87.